The van der Waals surface area contributed by atoms with Crippen LogP contribution in [0.4, 0.5) is 0 Å². The predicted molar refractivity (Wildman–Crippen MR) is 66.3 cm³/mol. The van der Waals surface area contributed by atoms with Crippen molar-refractivity contribution < 1.29 is 9.90 Å². The molecule has 0 aromatic carbocycles. The van der Waals surface area contributed by atoms with Crippen LogP contribution in [0.5, 0.6) is 0 Å². The Labute approximate surface area is 98.8 Å². The van der Waals surface area contributed by atoms with Crippen LogP contribution in [0.1, 0.15) is 47.5 Å². The minimum atomic E-state index is -0.380. The smallest absolute Gasteiger partial charge is 0.237 e. The fourth-order valence-electron chi connectivity index (χ4n) is 1.08. The molecule has 0 aromatic heterocycles. The van der Waals surface area contributed by atoms with Crippen molar-refractivity contribution in [2.45, 2.75) is 65.1 Å². The lowest BCUT2D eigenvalue weighted by Gasteiger charge is -2.27. The molecule has 0 aliphatic carbocycles. The number of nitrogens with one attached hydrogen (secondary N) is 2. The van der Waals surface area contributed by atoms with Crippen molar-refractivity contribution in [3.05, 3.63) is 0 Å². The van der Waals surface area contributed by atoms with Crippen molar-refractivity contribution in [2.75, 3.05) is 6.54 Å². The number of amides is 1. The Bertz CT molecular complexity index is 217. The Hall–Kier alpha value is -0.610. The third kappa shape index (κ3) is 6.08. The summed E-state index contributed by atoms with van der Waals surface area (Å²) in [6.07, 6.45) is 1.21. The van der Waals surface area contributed by atoms with E-state index in [1.54, 1.807) is 0 Å². The first-order valence-corrected chi connectivity index (χ1v) is 6.05. The molecule has 0 fully saturated rings. The lowest BCUT2D eigenvalue weighted by atomic mass is 10.0. The van der Waals surface area contributed by atoms with Crippen molar-refractivity contribution in [1.82, 2.24) is 10.6 Å². The molecule has 1 amide bonds. The van der Waals surface area contributed by atoms with E-state index in [-0.39, 0.29) is 23.6 Å². The van der Waals surface area contributed by atoms with E-state index in [9.17, 15) is 9.90 Å². The molecule has 4 nitrogen and oxygen atoms in total. The van der Waals surface area contributed by atoms with E-state index < -0.39 is 0 Å². The second-order valence-corrected chi connectivity index (χ2v) is 4.92. The van der Waals surface area contributed by atoms with Crippen molar-refractivity contribution in [3.8, 4) is 0 Å². The first kappa shape index (κ1) is 15.4. The van der Waals surface area contributed by atoms with Gasteiger partial charge in [-0.2, -0.15) is 0 Å². The summed E-state index contributed by atoms with van der Waals surface area (Å²) in [7, 11) is 0. The average Bonchev–Trinajstić information content (AvgIpc) is 2.24. The zero-order valence-electron chi connectivity index (χ0n) is 11.1. The van der Waals surface area contributed by atoms with E-state index in [1.165, 1.54) is 0 Å². The first-order chi connectivity index (χ1) is 7.32. The van der Waals surface area contributed by atoms with Crippen LogP contribution in [0.25, 0.3) is 0 Å². The van der Waals surface area contributed by atoms with Crippen molar-refractivity contribution in [2.24, 2.45) is 0 Å². The monoisotopic (exact) mass is 230 g/mol. The topological polar surface area (TPSA) is 61.4 Å². The maximum absolute atomic E-state index is 11.8. The van der Waals surface area contributed by atoms with Gasteiger partial charge >= 0.3 is 0 Å². The van der Waals surface area contributed by atoms with Gasteiger partial charge in [0, 0.05) is 12.1 Å². The van der Waals surface area contributed by atoms with Gasteiger partial charge in [-0.1, -0.05) is 13.8 Å². The molecule has 3 N–H and O–H groups in total. The number of hydrogen-bond acceptors (Lipinski definition) is 3. The van der Waals surface area contributed by atoms with Gasteiger partial charge in [-0.25, -0.2) is 0 Å². The van der Waals surface area contributed by atoms with Gasteiger partial charge in [-0.3, -0.25) is 4.79 Å². The quantitative estimate of drug-likeness (QED) is 0.612. The summed E-state index contributed by atoms with van der Waals surface area (Å²) in [5.41, 5.74) is -0.170. The highest BCUT2D eigenvalue weighted by Crippen LogP contribution is 2.06. The third-order valence-corrected chi connectivity index (χ3v) is 2.87. The number of carbonyl (C=O) groups is 1. The maximum Gasteiger partial charge on any atom is 0.237 e. The van der Waals surface area contributed by atoms with Crippen LogP contribution >= 0.6 is 0 Å². The minimum absolute atomic E-state index is 0.0184. The maximum atomic E-state index is 11.8. The molecule has 0 heterocycles. The van der Waals surface area contributed by atoms with E-state index in [4.69, 9.17) is 0 Å². The highest BCUT2D eigenvalue weighted by Gasteiger charge is 2.21. The summed E-state index contributed by atoms with van der Waals surface area (Å²) >= 11 is 0. The lowest BCUT2D eigenvalue weighted by Crippen LogP contribution is -2.51. The van der Waals surface area contributed by atoms with Crippen LogP contribution in [0.3, 0.4) is 0 Å². The predicted octanol–water partition coefficient (Wildman–Crippen LogP) is 1.04. The van der Waals surface area contributed by atoms with E-state index >= 15 is 0 Å². The fraction of sp³-hybridized carbons (Fsp3) is 0.917. The molecule has 0 saturated carbocycles. The molecule has 0 aliphatic rings. The Morgan fingerprint density at radius 1 is 1.38 bits per heavy atom. The average molecular weight is 230 g/mol. The van der Waals surface area contributed by atoms with Crippen LogP contribution in [0.15, 0.2) is 0 Å². The number of aliphatic hydroxyl groups is 1. The molecule has 0 radical (unpaired) electrons. The molecule has 4 heteroatoms. The summed E-state index contributed by atoms with van der Waals surface area (Å²) in [5.74, 6) is -0.0184. The summed E-state index contributed by atoms with van der Waals surface area (Å²) in [6.45, 7) is 10.2. The normalized spacial score (nSPS) is 15.6. The molecular formula is C12H26N2O2. The highest BCUT2D eigenvalue weighted by molar-refractivity contribution is 5.81. The molecule has 16 heavy (non-hydrogen) atoms. The molecule has 0 aliphatic heterocycles. The zero-order valence-corrected chi connectivity index (χ0v) is 11.1. The molecule has 0 aromatic rings. The number of carbonyl (C=O) groups excluding carboxylic acids is 1. The van der Waals surface area contributed by atoms with E-state index in [0.29, 0.717) is 13.0 Å². The standard InChI is InChI=1S/C12H26N2O2/c1-6-10(15)8-13-9(3)11(16)14-12(4,5)7-2/h9-10,13,15H,6-8H2,1-5H3,(H,14,16). The van der Waals surface area contributed by atoms with Gasteiger partial charge in [0.05, 0.1) is 12.1 Å². The summed E-state index contributed by atoms with van der Waals surface area (Å²) < 4.78 is 0. The van der Waals surface area contributed by atoms with Gasteiger partial charge in [0.1, 0.15) is 0 Å². The molecule has 0 spiro atoms. The fourth-order valence-corrected chi connectivity index (χ4v) is 1.08. The summed E-state index contributed by atoms with van der Waals surface area (Å²) in [6, 6.07) is -0.271. The molecule has 2 atom stereocenters. The Kier molecular flexibility index (Phi) is 6.60. The van der Waals surface area contributed by atoms with Gasteiger partial charge in [-0.15, -0.1) is 0 Å². The van der Waals surface area contributed by atoms with Crippen molar-refractivity contribution >= 4 is 5.91 Å². The first-order valence-electron chi connectivity index (χ1n) is 6.05. The number of hydrogen-bond donors (Lipinski definition) is 3. The lowest BCUT2D eigenvalue weighted by molar-refractivity contribution is -0.124. The van der Waals surface area contributed by atoms with Crippen LogP contribution in [0, 0.1) is 0 Å². The van der Waals surface area contributed by atoms with Gasteiger partial charge < -0.3 is 15.7 Å². The molecule has 2 unspecified atom stereocenters. The third-order valence-electron chi connectivity index (χ3n) is 2.87. The SMILES string of the molecule is CCC(O)CNC(C)C(=O)NC(C)(C)CC. The number of rotatable bonds is 7. The molecule has 0 bridgehead atoms. The molecular weight excluding hydrogens is 204 g/mol. The second kappa shape index (κ2) is 6.86. The van der Waals surface area contributed by atoms with Crippen LogP contribution in [-0.4, -0.2) is 35.2 Å². The zero-order chi connectivity index (χ0) is 12.8. The van der Waals surface area contributed by atoms with E-state index in [2.05, 4.69) is 10.6 Å². The highest BCUT2D eigenvalue weighted by atomic mass is 16.3. The Balaban J connectivity index is 4.00. The van der Waals surface area contributed by atoms with Gasteiger partial charge in [0.15, 0.2) is 0 Å². The number of aliphatic hydroxyl groups excluding tert-OH is 1. The molecule has 96 valence electrons. The van der Waals surface area contributed by atoms with E-state index in [1.807, 2.05) is 34.6 Å². The van der Waals surface area contributed by atoms with E-state index in [0.717, 1.165) is 6.42 Å². The van der Waals surface area contributed by atoms with Crippen molar-refractivity contribution in [1.29, 1.82) is 0 Å². The Morgan fingerprint density at radius 3 is 2.38 bits per heavy atom. The Morgan fingerprint density at radius 2 is 1.94 bits per heavy atom. The van der Waals surface area contributed by atoms with Gasteiger partial charge in [0.25, 0.3) is 0 Å². The summed E-state index contributed by atoms with van der Waals surface area (Å²) in [5, 5.41) is 15.4. The van der Waals surface area contributed by atoms with Gasteiger partial charge in [-0.05, 0) is 33.6 Å². The van der Waals surface area contributed by atoms with Gasteiger partial charge in [0.2, 0.25) is 5.91 Å². The van der Waals surface area contributed by atoms with Crippen LogP contribution in [-0.2, 0) is 4.79 Å². The molecule has 0 saturated heterocycles. The minimum Gasteiger partial charge on any atom is -0.392 e. The molecule has 0 rings (SSSR count). The second-order valence-electron chi connectivity index (χ2n) is 4.92. The summed E-state index contributed by atoms with van der Waals surface area (Å²) in [4.78, 5) is 11.8. The van der Waals surface area contributed by atoms with Crippen LogP contribution in [0.2, 0.25) is 0 Å². The largest absolute Gasteiger partial charge is 0.392 e. The van der Waals surface area contributed by atoms with Crippen LogP contribution < -0.4 is 10.6 Å². The van der Waals surface area contributed by atoms with Crippen molar-refractivity contribution in [3.63, 3.8) is 0 Å².